The summed E-state index contributed by atoms with van der Waals surface area (Å²) >= 11 is 0. The summed E-state index contributed by atoms with van der Waals surface area (Å²) in [6, 6.07) is 0. The molecular weight excluding hydrogens is 642 g/mol. The van der Waals surface area contributed by atoms with Crippen LogP contribution >= 0.6 is 0 Å². The standard InChI is InChI=1S/3C6H15NO2.2C4H6O6/c3*1-8-5-3-7-4-6-9-2;2*5-1(3(7)8)2(6)4(9)10/h3*7H,3-6H2,1-2H3;2*1-2,5-6H,(H,7,8)(H,9,10). The van der Waals surface area contributed by atoms with Crippen molar-refractivity contribution in [3.8, 4) is 0 Å². The monoisotopic (exact) mass is 699 g/mol. The van der Waals surface area contributed by atoms with Crippen molar-refractivity contribution in [3.05, 3.63) is 0 Å². The fourth-order valence-corrected chi connectivity index (χ4v) is 2.16. The molecule has 0 aliphatic carbocycles. The zero-order valence-corrected chi connectivity index (χ0v) is 28.1. The SMILES string of the molecule is COCC[NH2+]CCOC.COCC[NH2+]CCOC.COCC[NH2+]CCOC.O=C([O-])C(O)C(O)C(=O)O.O=C([O-])C(O)C(O)C(=O)[O-]. The number of hydrogen-bond acceptors (Lipinski definition) is 17. The van der Waals surface area contributed by atoms with Crippen molar-refractivity contribution in [1.29, 1.82) is 0 Å². The first-order chi connectivity index (χ1) is 22.2. The number of aliphatic hydroxyl groups is 4. The number of carboxylic acid groups (broad SMARTS) is 4. The first kappa shape index (κ1) is 53.8. The minimum absolute atomic E-state index is 0.823. The highest BCUT2D eigenvalue weighted by Crippen LogP contribution is 1.91. The third kappa shape index (κ3) is 47.9. The lowest BCUT2D eigenvalue weighted by Crippen LogP contribution is -2.86. The Morgan fingerprint density at radius 3 is 0.723 bits per heavy atom. The molecular formula is C26H57N3O18. The topological polar surface area (TPSA) is 344 Å². The molecule has 11 N–H and O–H groups in total. The van der Waals surface area contributed by atoms with Gasteiger partial charge in [0.15, 0.2) is 6.10 Å². The lowest BCUT2D eigenvalue weighted by atomic mass is 10.2. The molecule has 4 atom stereocenters. The molecule has 0 heterocycles. The van der Waals surface area contributed by atoms with Crippen molar-refractivity contribution in [1.82, 2.24) is 0 Å². The molecule has 0 saturated heterocycles. The van der Waals surface area contributed by atoms with Gasteiger partial charge in [-0.25, -0.2) is 4.79 Å². The number of carbonyl (C=O) groups excluding carboxylic acids is 3. The highest BCUT2D eigenvalue weighted by molar-refractivity contribution is 5.82. The van der Waals surface area contributed by atoms with E-state index in [1.165, 1.54) is 0 Å². The third-order valence-electron chi connectivity index (χ3n) is 4.73. The van der Waals surface area contributed by atoms with E-state index in [0.29, 0.717) is 0 Å². The Hall–Kier alpha value is -2.64. The van der Waals surface area contributed by atoms with E-state index in [4.69, 9.17) is 54.0 Å². The molecule has 21 nitrogen and oxygen atoms in total. The largest absolute Gasteiger partial charge is 0.547 e. The number of nitrogens with two attached hydrogens (primary N) is 3. The molecule has 0 saturated carbocycles. The van der Waals surface area contributed by atoms with Crippen LogP contribution in [0.2, 0.25) is 0 Å². The number of rotatable bonds is 24. The molecule has 0 radical (unpaired) electrons. The maximum absolute atomic E-state index is 9.74. The van der Waals surface area contributed by atoms with E-state index in [1.54, 1.807) is 42.7 Å². The second-order valence-electron chi connectivity index (χ2n) is 8.63. The Morgan fingerprint density at radius 1 is 0.447 bits per heavy atom. The maximum Gasteiger partial charge on any atom is 0.335 e. The summed E-state index contributed by atoms with van der Waals surface area (Å²) in [5.41, 5.74) is 0. The first-order valence-electron chi connectivity index (χ1n) is 14.1. The van der Waals surface area contributed by atoms with Gasteiger partial charge in [-0.1, -0.05) is 0 Å². The summed E-state index contributed by atoms with van der Waals surface area (Å²) < 4.78 is 29.1. The van der Waals surface area contributed by atoms with Crippen molar-refractivity contribution in [2.24, 2.45) is 0 Å². The van der Waals surface area contributed by atoms with Gasteiger partial charge in [-0.2, -0.15) is 0 Å². The summed E-state index contributed by atoms with van der Waals surface area (Å²) in [5.74, 6) is -7.94. The van der Waals surface area contributed by atoms with Gasteiger partial charge in [-0.05, 0) is 0 Å². The summed E-state index contributed by atoms with van der Waals surface area (Å²) in [6.07, 6.45) is -9.59. The summed E-state index contributed by atoms with van der Waals surface area (Å²) in [7, 11) is 10.3. The Bertz CT molecular complexity index is 585. The molecule has 47 heavy (non-hydrogen) atoms. The second kappa shape index (κ2) is 43.4. The van der Waals surface area contributed by atoms with Gasteiger partial charge in [0.05, 0.1) is 96.8 Å². The van der Waals surface area contributed by atoms with Crippen LogP contribution in [0.4, 0.5) is 0 Å². The van der Waals surface area contributed by atoms with Crippen LogP contribution in [0.3, 0.4) is 0 Å². The molecule has 0 aliphatic rings. The molecule has 0 aliphatic heterocycles. The van der Waals surface area contributed by atoms with Crippen LogP contribution in [0, 0.1) is 0 Å². The number of methoxy groups -OCH3 is 6. The minimum Gasteiger partial charge on any atom is -0.547 e. The molecule has 0 spiro atoms. The van der Waals surface area contributed by atoms with E-state index in [9.17, 15) is 34.5 Å². The first-order valence-corrected chi connectivity index (χ1v) is 14.1. The average molecular weight is 700 g/mol. The van der Waals surface area contributed by atoms with Gasteiger partial charge in [0.2, 0.25) is 0 Å². The zero-order valence-electron chi connectivity index (χ0n) is 28.1. The van der Waals surface area contributed by atoms with Crippen molar-refractivity contribution < 1.29 is 104 Å². The molecule has 0 aromatic heterocycles. The van der Waals surface area contributed by atoms with Crippen LogP contribution < -0.4 is 31.3 Å². The van der Waals surface area contributed by atoms with Crippen molar-refractivity contribution in [2.45, 2.75) is 24.4 Å². The van der Waals surface area contributed by atoms with Crippen molar-refractivity contribution in [3.63, 3.8) is 0 Å². The van der Waals surface area contributed by atoms with E-state index in [1.807, 2.05) is 0 Å². The molecule has 284 valence electrons. The number of aliphatic hydroxyl groups excluding tert-OH is 4. The lowest BCUT2D eigenvalue weighted by molar-refractivity contribution is -0.657. The smallest absolute Gasteiger partial charge is 0.335 e. The molecule has 0 rings (SSSR count). The van der Waals surface area contributed by atoms with Gasteiger partial charge in [0, 0.05) is 42.7 Å². The number of hydrogen-bond donors (Lipinski definition) is 8. The number of ether oxygens (including phenoxy) is 6. The number of quaternary nitrogens is 3. The van der Waals surface area contributed by atoms with Crippen LogP contribution in [0.5, 0.6) is 0 Å². The highest BCUT2D eigenvalue weighted by atomic mass is 16.5. The summed E-state index contributed by atoms with van der Waals surface area (Å²) in [6.45, 7) is 11.1. The van der Waals surface area contributed by atoms with Crippen LogP contribution in [-0.4, -0.2) is 195 Å². The molecule has 4 unspecified atom stereocenters. The quantitative estimate of drug-likeness (QED) is 0.0433. The van der Waals surface area contributed by atoms with Gasteiger partial charge in [-0.3, -0.25) is 0 Å². The van der Waals surface area contributed by atoms with Crippen LogP contribution in [0.1, 0.15) is 0 Å². The average Bonchev–Trinajstić information content (AvgIpc) is 3.04. The van der Waals surface area contributed by atoms with Crippen LogP contribution in [0.15, 0.2) is 0 Å². The number of carboxylic acids is 4. The maximum atomic E-state index is 9.74. The zero-order chi connectivity index (χ0) is 37.5. The van der Waals surface area contributed by atoms with Gasteiger partial charge in [0.1, 0.15) is 18.3 Å². The van der Waals surface area contributed by atoms with Gasteiger partial charge in [-0.15, -0.1) is 0 Å². The van der Waals surface area contributed by atoms with Gasteiger partial charge >= 0.3 is 5.97 Å². The lowest BCUT2D eigenvalue weighted by Gasteiger charge is -2.18. The fourth-order valence-electron chi connectivity index (χ4n) is 2.16. The highest BCUT2D eigenvalue weighted by Gasteiger charge is 2.24. The molecule has 0 bridgehead atoms. The van der Waals surface area contributed by atoms with Crippen LogP contribution in [-0.2, 0) is 47.6 Å². The van der Waals surface area contributed by atoms with E-state index >= 15 is 0 Å². The number of aliphatic carboxylic acids is 4. The second-order valence-corrected chi connectivity index (χ2v) is 8.63. The Balaban J connectivity index is -0.000000157. The van der Waals surface area contributed by atoms with Gasteiger partial charge < -0.3 is 99.6 Å². The molecule has 0 fully saturated rings. The molecule has 0 amide bonds. The van der Waals surface area contributed by atoms with E-state index < -0.39 is 48.3 Å². The molecule has 21 heteroatoms. The Morgan fingerprint density at radius 2 is 0.617 bits per heavy atom. The fraction of sp³-hybridized carbons (Fsp3) is 0.846. The molecule has 0 aromatic rings. The van der Waals surface area contributed by atoms with E-state index in [0.717, 1.165) is 78.9 Å². The van der Waals surface area contributed by atoms with E-state index in [-0.39, 0.29) is 0 Å². The summed E-state index contributed by atoms with van der Waals surface area (Å²) in [4.78, 5) is 38.7. The third-order valence-corrected chi connectivity index (χ3v) is 4.73. The predicted molar refractivity (Wildman–Crippen MR) is 153 cm³/mol. The van der Waals surface area contributed by atoms with Crippen molar-refractivity contribution in [2.75, 3.05) is 122 Å². The van der Waals surface area contributed by atoms with Gasteiger partial charge in [0.25, 0.3) is 0 Å². The Kier molecular flexibility index (Phi) is 49.7. The number of carbonyl (C=O) groups is 4. The normalized spacial score (nSPS) is 12.5. The van der Waals surface area contributed by atoms with Crippen LogP contribution in [0.25, 0.3) is 0 Å². The molecule has 0 aromatic carbocycles. The van der Waals surface area contributed by atoms with Crippen molar-refractivity contribution >= 4 is 23.9 Å². The Labute approximate surface area is 274 Å². The van der Waals surface area contributed by atoms with E-state index in [2.05, 4.69) is 16.0 Å². The summed E-state index contributed by atoms with van der Waals surface area (Å²) in [5, 5.41) is 76.4. The predicted octanol–water partition coefficient (Wildman–Crippen LogP) is -11.7. The minimum atomic E-state index is -2.44.